The second kappa shape index (κ2) is 10.7. The van der Waals surface area contributed by atoms with Crippen molar-refractivity contribution in [2.24, 2.45) is 0 Å². The first-order valence-corrected chi connectivity index (χ1v) is 9.83. The molecule has 0 fully saturated rings. The van der Waals surface area contributed by atoms with E-state index in [1.807, 2.05) is 24.3 Å². The summed E-state index contributed by atoms with van der Waals surface area (Å²) in [5.74, 6) is 2.22. The average Bonchev–Trinajstić information content (AvgIpc) is 2.67. The first-order chi connectivity index (χ1) is 12.7. The van der Waals surface area contributed by atoms with Crippen LogP contribution in [0.3, 0.4) is 0 Å². The van der Waals surface area contributed by atoms with Gasteiger partial charge in [0.15, 0.2) is 0 Å². The van der Waals surface area contributed by atoms with Crippen LogP contribution in [0.2, 0.25) is 0 Å². The molecule has 1 atom stereocenters. The van der Waals surface area contributed by atoms with E-state index >= 15 is 0 Å². The summed E-state index contributed by atoms with van der Waals surface area (Å²) >= 11 is 0. The number of hydrogen-bond acceptors (Lipinski definition) is 3. The molecule has 1 unspecified atom stereocenters. The molecule has 26 heavy (non-hydrogen) atoms. The van der Waals surface area contributed by atoms with Crippen LogP contribution in [0, 0.1) is 0 Å². The van der Waals surface area contributed by atoms with Gasteiger partial charge in [-0.1, -0.05) is 51.3 Å². The molecule has 0 amide bonds. The van der Waals surface area contributed by atoms with Crippen LogP contribution in [0.4, 0.5) is 5.69 Å². The summed E-state index contributed by atoms with van der Waals surface area (Å²) in [5.41, 5.74) is 9.63. The van der Waals surface area contributed by atoms with Crippen molar-refractivity contribution in [3.63, 3.8) is 0 Å². The Hall–Kier alpha value is -2.16. The second-order valence-corrected chi connectivity index (χ2v) is 6.85. The monoisotopic (exact) mass is 355 g/mol. The van der Waals surface area contributed by atoms with Gasteiger partial charge in [0.2, 0.25) is 0 Å². The smallest absolute Gasteiger partial charge is 0.121 e. The lowest BCUT2D eigenvalue weighted by Crippen LogP contribution is -2.05. The van der Waals surface area contributed by atoms with Crippen LogP contribution in [0.25, 0.3) is 0 Å². The Labute approximate surface area is 158 Å². The Kier molecular flexibility index (Phi) is 8.33. The van der Waals surface area contributed by atoms with Crippen molar-refractivity contribution >= 4 is 5.69 Å². The summed E-state index contributed by atoms with van der Waals surface area (Å²) in [6.45, 7) is 5.21. The number of nitrogens with two attached hydrogens (primary N) is 1. The van der Waals surface area contributed by atoms with Gasteiger partial charge < -0.3 is 15.2 Å². The van der Waals surface area contributed by atoms with Gasteiger partial charge in [0.05, 0.1) is 13.7 Å². The summed E-state index contributed by atoms with van der Waals surface area (Å²) in [7, 11) is 1.69. The summed E-state index contributed by atoms with van der Waals surface area (Å²) < 4.78 is 11.1. The molecule has 0 saturated carbocycles. The van der Waals surface area contributed by atoms with Gasteiger partial charge in [-0.05, 0) is 54.5 Å². The zero-order valence-electron chi connectivity index (χ0n) is 16.5. The number of benzene rings is 2. The fraction of sp³-hybridized carbons (Fsp3) is 0.478. The molecule has 0 aromatic heterocycles. The van der Waals surface area contributed by atoms with Gasteiger partial charge >= 0.3 is 0 Å². The number of methoxy groups -OCH3 is 1. The third kappa shape index (κ3) is 5.98. The van der Waals surface area contributed by atoms with Gasteiger partial charge in [0.25, 0.3) is 0 Å². The molecule has 2 aromatic carbocycles. The topological polar surface area (TPSA) is 44.5 Å². The molecule has 0 saturated heterocycles. The van der Waals surface area contributed by atoms with E-state index in [1.54, 1.807) is 7.11 Å². The number of rotatable bonds is 11. The maximum Gasteiger partial charge on any atom is 0.121 e. The molecule has 0 heterocycles. The average molecular weight is 356 g/mol. The standard InChI is InChI=1S/C23H33NO2/c1-4-6-7-8-15-26-22-14-11-20(23(24)17-22)16-18(5-2)19-9-12-21(25-3)13-10-19/h9-14,17-18H,4-8,15-16,24H2,1-3H3. The van der Waals surface area contributed by atoms with Crippen LogP contribution in [0.5, 0.6) is 11.5 Å². The predicted octanol–water partition coefficient (Wildman–Crippen LogP) is 5.97. The van der Waals surface area contributed by atoms with E-state index in [9.17, 15) is 0 Å². The van der Waals surface area contributed by atoms with Crippen molar-refractivity contribution in [2.45, 2.75) is 58.3 Å². The van der Waals surface area contributed by atoms with Gasteiger partial charge in [0.1, 0.15) is 11.5 Å². The highest BCUT2D eigenvalue weighted by atomic mass is 16.5. The summed E-state index contributed by atoms with van der Waals surface area (Å²) in [4.78, 5) is 0. The van der Waals surface area contributed by atoms with Crippen LogP contribution >= 0.6 is 0 Å². The molecule has 0 spiro atoms. The van der Waals surface area contributed by atoms with Gasteiger partial charge in [-0.2, -0.15) is 0 Å². The van der Waals surface area contributed by atoms with Crippen LogP contribution in [0.1, 0.15) is 63.0 Å². The molecule has 142 valence electrons. The van der Waals surface area contributed by atoms with Gasteiger partial charge in [-0.3, -0.25) is 0 Å². The van der Waals surface area contributed by atoms with E-state index in [0.717, 1.165) is 43.1 Å². The van der Waals surface area contributed by atoms with Gasteiger partial charge in [-0.25, -0.2) is 0 Å². The van der Waals surface area contributed by atoms with E-state index in [0.29, 0.717) is 5.92 Å². The molecule has 0 bridgehead atoms. The first-order valence-electron chi connectivity index (χ1n) is 9.83. The molecule has 3 heteroatoms. The van der Waals surface area contributed by atoms with Crippen molar-refractivity contribution in [1.82, 2.24) is 0 Å². The Bertz CT molecular complexity index is 652. The van der Waals surface area contributed by atoms with Crippen molar-refractivity contribution in [3.8, 4) is 11.5 Å². The SMILES string of the molecule is CCCCCCOc1ccc(CC(CC)c2ccc(OC)cc2)c(N)c1. The highest BCUT2D eigenvalue weighted by Gasteiger charge is 2.13. The lowest BCUT2D eigenvalue weighted by Gasteiger charge is -2.18. The summed E-state index contributed by atoms with van der Waals surface area (Å²) in [6, 6.07) is 14.5. The van der Waals surface area contributed by atoms with Gasteiger partial charge in [-0.15, -0.1) is 0 Å². The molecular formula is C23H33NO2. The van der Waals surface area contributed by atoms with E-state index in [1.165, 1.54) is 30.4 Å². The fourth-order valence-corrected chi connectivity index (χ4v) is 3.21. The Balaban J connectivity index is 1.96. The molecule has 0 aliphatic heterocycles. The molecule has 2 N–H and O–H groups in total. The molecule has 0 aliphatic carbocycles. The minimum atomic E-state index is 0.448. The van der Waals surface area contributed by atoms with Crippen LogP contribution < -0.4 is 15.2 Å². The Morgan fingerprint density at radius 2 is 1.65 bits per heavy atom. The lowest BCUT2D eigenvalue weighted by atomic mass is 9.89. The lowest BCUT2D eigenvalue weighted by molar-refractivity contribution is 0.305. The van der Waals surface area contributed by atoms with E-state index in [4.69, 9.17) is 15.2 Å². The van der Waals surface area contributed by atoms with E-state index < -0.39 is 0 Å². The minimum absolute atomic E-state index is 0.448. The van der Waals surface area contributed by atoms with Crippen molar-refractivity contribution < 1.29 is 9.47 Å². The fourth-order valence-electron chi connectivity index (χ4n) is 3.21. The maximum atomic E-state index is 6.30. The number of nitrogen functional groups attached to an aromatic ring is 1. The molecule has 3 nitrogen and oxygen atoms in total. The third-order valence-corrected chi connectivity index (χ3v) is 4.93. The highest BCUT2D eigenvalue weighted by Crippen LogP contribution is 2.29. The molecule has 0 radical (unpaired) electrons. The number of anilines is 1. The minimum Gasteiger partial charge on any atom is -0.497 e. The number of ether oxygens (including phenoxy) is 2. The van der Waals surface area contributed by atoms with Gasteiger partial charge in [0, 0.05) is 11.8 Å². The van der Waals surface area contributed by atoms with Crippen LogP contribution in [-0.4, -0.2) is 13.7 Å². The Morgan fingerprint density at radius 1 is 0.923 bits per heavy atom. The molecular weight excluding hydrogens is 322 g/mol. The third-order valence-electron chi connectivity index (χ3n) is 4.93. The van der Waals surface area contributed by atoms with E-state index in [-0.39, 0.29) is 0 Å². The second-order valence-electron chi connectivity index (χ2n) is 6.85. The quantitative estimate of drug-likeness (QED) is 0.399. The van der Waals surface area contributed by atoms with Crippen LogP contribution in [-0.2, 0) is 6.42 Å². The predicted molar refractivity (Wildman–Crippen MR) is 110 cm³/mol. The molecule has 2 aromatic rings. The maximum absolute atomic E-state index is 6.30. The summed E-state index contributed by atoms with van der Waals surface area (Å²) in [5, 5.41) is 0. The normalized spacial score (nSPS) is 12.0. The first kappa shape index (κ1) is 20.2. The van der Waals surface area contributed by atoms with Crippen molar-refractivity contribution in [1.29, 1.82) is 0 Å². The molecule has 2 rings (SSSR count). The number of unbranched alkanes of at least 4 members (excludes halogenated alkanes) is 3. The number of hydrogen-bond donors (Lipinski definition) is 1. The zero-order valence-corrected chi connectivity index (χ0v) is 16.5. The Morgan fingerprint density at radius 3 is 2.27 bits per heavy atom. The van der Waals surface area contributed by atoms with E-state index in [2.05, 4.69) is 32.0 Å². The largest absolute Gasteiger partial charge is 0.497 e. The van der Waals surface area contributed by atoms with Crippen molar-refractivity contribution in [2.75, 3.05) is 19.5 Å². The zero-order chi connectivity index (χ0) is 18.8. The van der Waals surface area contributed by atoms with Crippen LogP contribution in [0.15, 0.2) is 42.5 Å². The van der Waals surface area contributed by atoms with Crippen molar-refractivity contribution in [3.05, 3.63) is 53.6 Å². The highest BCUT2D eigenvalue weighted by molar-refractivity contribution is 5.52. The summed E-state index contributed by atoms with van der Waals surface area (Å²) in [6.07, 6.45) is 6.85. The molecule has 0 aliphatic rings.